The minimum Gasteiger partial charge on any atom is -0.508 e. The maximum atomic E-state index is 9.50. The maximum absolute atomic E-state index is 9.50. The van der Waals surface area contributed by atoms with Crippen molar-refractivity contribution in [2.45, 2.75) is 13.8 Å². The standard InChI is InChI=1S/C20H21NO2/c1-3-21(4-2)17-8-5-15(6-9-17)7-11-19-14-16-13-18(22)10-12-20(16)23-19/h5-14,22H,3-4H2,1-2H3/b11-7+. The summed E-state index contributed by atoms with van der Waals surface area (Å²) in [7, 11) is 0. The van der Waals surface area contributed by atoms with Gasteiger partial charge in [0.05, 0.1) is 0 Å². The van der Waals surface area contributed by atoms with Crippen molar-refractivity contribution in [3.63, 3.8) is 0 Å². The lowest BCUT2D eigenvalue weighted by Crippen LogP contribution is -2.21. The molecule has 118 valence electrons. The molecule has 0 amide bonds. The molecule has 1 N–H and O–H groups in total. The molecule has 3 nitrogen and oxygen atoms in total. The summed E-state index contributed by atoms with van der Waals surface area (Å²) < 4.78 is 5.74. The summed E-state index contributed by atoms with van der Waals surface area (Å²) in [6, 6.07) is 15.5. The van der Waals surface area contributed by atoms with Crippen LogP contribution >= 0.6 is 0 Å². The van der Waals surface area contributed by atoms with Crippen molar-refractivity contribution in [3.05, 3.63) is 59.9 Å². The molecule has 0 radical (unpaired) electrons. The van der Waals surface area contributed by atoms with Crippen molar-refractivity contribution in [2.75, 3.05) is 18.0 Å². The Morgan fingerprint density at radius 3 is 2.39 bits per heavy atom. The predicted octanol–water partition coefficient (Wildman–Crippen LogP) is 5.16. The highest BCUT2D eigenvalue weighted by Crippen LogP contribution is 2.25. The van der Waals surface area contributed by atoms with E-state index in [1.165, 1.54) is 5.69 Å². The number of aromatic hydroxyl groups is 1. The van der Waals surface area contributed by atoms with Crippen LogP contribution in [0.2, 0.25) is 0 Å². The first kappa shape index (κ1) is 15.2. The fourth-order valence-electron chi connectivity index (χ4n) is 2.70. The Kier molecular flexibility index (Phi) is 4.38. The van der Waals surface area contributed by atoms with Gasteiger partial charge in [-0.2, -0.15) is 0 Å². The third kappa shape index (κ3) is 3.39. The molecule has 0 spiro atoms. The van der Waals surface area contributed by atoms with Crippen LogP contribution in [0.1, 0.15) is 25.2 Å². The molecule has 0 aliphatic rings. The zero-order valence-corrected chi connectivity index (χ0v) is 13.5. The van der Waals surface area contributed by atoms with Gasteiger partial charge in [0.15, 0.2) is 0 Å². The van der Waals surface area contributed by atoms with Crippen LogP contribution < -0.4 is 4.90 Å². The van der Waals surface area contributed by atoms with Gasteiger partial charge < -0.3 is 14.4 Å². The van der Waals surface area contributed by atoms with E-state index in [-0.39, 0.29) is 5.75 Å². The maximum Gasteiger partial charge on any atom is 0.135 e. The molecule has 1 aromatic heterocycles. The monoisotopic (exact) mass is 307 g/mol. The summed E-state index contributed by atoms with van der Waals surface area (Å²) in [5.41, 5.74) is 3.15. The Balaban J connectivity index is 1.78. The van der Waals surface area contributed by atoms with Gasteiger partial charge in [-0.1, -0.05) is 18.2 Å². The fraction of sp³-hybridized carbons (Fsp3) is 0.200. The summed E-state index contributed by atoms with van der Waals surface area (Å²) >= 11 is 0. The first-order chi connectivity index (χ1) is 11.2. The Morgan fingerprint density at radius 1 is 0.957 bits per heavy atom. The topological polar surface area (TPSA) is 36.6 Å². The summed E-state index contributed by atoms with van der Waals surface area (Å²) in [4.78, 5) is 2.32. The second kappa shape index (κ2) is 6.61. The van der Waals surface area contributed by atoms with E-state index < -0.39 is 0 Å². The number of anilines is 1. The molecule has 1 heterocycles. The van der Waals surface area contributed by atoms with Crippen LogP contribution in [0.15, 0.2) is 52.9 Å². The minimum atomic E-state index is 0.251. The average Bonchev–Trinajstić information content (AvgIpc) is 2.97. The van der Waals surface area contributed by atoms with Crippen LogP contribution in [0.5, 0.6) is 5.75 Å². The molecule has 3 rings (SSSR count). The smallest absolute Gasteiger partial charge is 0.135 e. The quantitative estimate of drug-likeness (QED) is 0.707. The van der Waals surface area contributed by atoms with Crippen molar-refractivity contribution < 1.29 is 9.52 Å². The molecule has 0 fully saturated rings. The summed E-state index contributed by atoms with van der Waals surface area (Å²) in [6.45, 7) is 6.35. The highest BCUT2D eigenvalue weighted by atomic mass is 16.3. The summed E-state index contributed by atoms with van der Waals surface area (Å²) in [5, 5.41) is 10.4. The summed E-state index contributed by atoms with van der Waals surface area (Å²) in [6.07, 6.45) is 3.98. The first-order valence-electron chi connectivity index (χ1n) is 7.95. The van der Waals surface area contributed by atoms with Gasteiger partial charge in [0.2, 0.25) is 0 Å². The number of rotatable bonds is 5. The van der Waals surface area contributed by atoms with Crippen LogP contribution in [0.25, 0.3) is 23.1 Å². The van der Waals surface area contributed by atoms with E-state index in [0.717, 1.165) is 35.4 Å². The van der Waals surface area contributed by atoms with Gasteiger partial charge >= 0.3 is 0 Å². The van der Waals surface area contributed by atoms with Crippen LogP contribution in [-0.4, -0.2) is 18.2 Å². The molecule has 2 aromatic carbocycles. The van der Waals surface area contributed by atoms with Gasteiger partial charge in [-0.25, -0.2) is 0 Å². The molecule has 0 bridgehead atoms. The van der Waals surface area contributed by atoms with Crippen molar-refractivity contribution in [1.82, 2.24) is 0 Å². The Labute approximate surface area is 136 Å². The SMILES string of the molecule is CCN(CC)c1ccc(/C=C/c2cc3cc(O)ccc3o2)cc1. The van der Waals surface area contributed by atoms with E-state index in [1.54, 1.807) is 18.2 Å². The van der Waals surface area contributed by atoms with Crippen molar-refractivity contribution >= 4 is 28.8 Å². The Morgan fingerprint density at radius 2 is 1.70 bits per heavy atom. The zero-order chi connectivity index (χ0) is 16.2. The van der Waals surface area contributed by atoms with Crippen LogP contribution in [0, 0.1) is 0 Å². The number of phenols is 1. The van der Waals surface area contributed by atoms with Gasteiger partial charge in [0.1, 0.15) is 17.1 Å². The molecule has 0 unspecified atom stereocenters. The molecule has 0 aliphatic carbocycles. The highest BCUT2D eigenvalue weighted by Gasteiger charge is 2.03. The molecule has 0 atom stereocenters. The van der Waals surface area contributed by atoms with E-state index >= 15 is 0 Å². The lowest BCUT2D eigenvalue weighted by atomic mass is 10.1. The number of hydrogen-bond acceptors (Lipinski definition) is 3. The molecule has 0 aliphatic heterocycles. The van der Waals surface area contributed by atoms with Crippen molar-refractivity contribution in [1.29, 1.82) is 0 Å². The molecular weight excluding hydrogens is 286 g/mol. The lowest BCUT2D eigenvalue weighted by Gasteiger charge is -2.20. The van der Waals surface area contributed by atoms with E-state index in [1.807, 2.05) is 18.2 Å². The molecular formula is C20H21NO2. The number of furan rings is 1. The number of benzene rings is 2. The van der Waals surface area contributed by atoms with Gasteiger partial charge in [-0.3, -0.25) is 0 Å². The normalized spacial score (nSPS) is 11.4. The average molecular weight is 307 g/mol. The molecule has 3 aromatic rings. The van der Waals surface area contributed by atoms with E-state index in [0.29, 0.717) is 0 Å². The van der Waals surface area contributed by atoms with E-state index in [4.69, 9.17) is 4.42 Å². The lowest BCUT2D eigenvalue weighted by molar-refractivity contribution is 0.476. The van der Waals surface area contributed by atoms with Crippen LogP contribution in [0.4, 0.5) is 5.69 Å². The van der Waals surface area contributed by atoms with E-state index in [9.17, 15) is 5.11 Å². The number of fused-ring (bicyclic) bond motifs is 1. The first-order valence-corrected chi connectivity index (χ1v) is 7.95. The molecule has 0 saturated carbocycles. The largest absolute Gasteiger partial charge is 0.508 e. The Bertz CT molecular complexity index is 811. The minimum absolute atomic E-state index is 0.251. The molecule has 3 heteroatoms. The van der Waals surface area contributed by atoms with Gasteiger partial charge in [0.25, 0.3) is 0 Å². The summed E-state index contributed by atoms with van der Waals surface area (Å²) in [5.74, 6) is 1.03. The van der Waals surface area contributed by atoms with Gasteiger partial charge in [0, 0.05) is 24.2 Å². The van der Waals surface area contributed by atoms with E-state index in [2.05, 4.69) is 43.0 Å². The van der Waals surface area contributed by atoms with Crippen LogP contribution in [-0.2, 0) is 0 Å². The number of phenolic OH excluding ortho intramolecular Hbond substituents is 1. The molecule has 0 saturated heterocycles. The Hall–Kier alpha value is -2.68. The third-order valence-electron chi connectivity index (χ3n) is 3.98. The zero-order valence-electron chi connectivity index (χ0n) is 13.5. The number of hydrogen-bond donors (Lipinski definition) is 1. The highest BCUT2D eigenvalue weighted by molar-refractivity contribution is 5.83. The molecule has 23 heavy (non-hydrogen) atoms. The predicted molar refractivity (Wildman–Crippen MR) is 96.8 cm³/mol. The van der Waals surface area contributed by atoms with Crippen LogP contribution in [0.3, 0.4) is 0 Å². The van der Waals surface area contributed by atoms with Crippen molar-refractivity contribution in [2.24, 2.45) is 0 Å². The second-order valence-corrected chi connectivity index (χ2v) is 5.47. The van der Waals surface area contributed by atoms with Crippen molar-refractivity contribution in [3.8, 4) is 5.75 Å². The number of nitrogens with zero attached hydrogens (tertiary/aromatic N) is 1. The van der Waals surface area contributed by atoms with Gasteiger partial charge in [-0.05, 0) is 61.9 Å². The fourth-order valence-corrected chi connectivity index (χ4v) is 2.70. The second-order valence-electron chi connectivity index (χ2n) is 5.47. The van der Waals surface area contributed by atoms with Gasteiger partial charge in [-0.15, -0.1) is 0 Å². The third-order valence-corrected chi connectivity index (χ3v) is 3.98.